The molecule has 0 unspecified atom stereocenters. The Morgan fingerprint density at radius 2 is 2.09 bits per heavy atom. The molecule has 7 heteroatoms. The second-order valence-corrected chi connectivity index (χ2v) is 4.98. The number of hydrogen-bond donors (Lipinski definition) is 2. The molecule has 0 radical (unpaired) electrons. The van der Waals surface area contributed by atoms with Crippen molar-refractivity contribution >= 4 is 17.4 Å². The van der Waals surface area contributed by atoms with E-state index < -0.39 is 11.7 Å². The van der Waals surface area contributed by atoms with Crippen molar-refractivity contribution in [2.45, 2.75) is 0 Å². The van der Waals surface area contributed by atoms with Crippen molar-refractivity contribution in [3.63, 3.8) is 0 Å². The Balaban J connectivity index is 1.93. The van der Waals surface area contributed by atoms with Crippen LogP contribution in [0.25, 0.3) is 0 Å². The van der Waals surface area contributed by atoms with Gasteiger partial charge in [0.2, 0.25) is 0 Å². The van der Waals surface area contributed by atoms with E-state index in [1.807, 2.05) is 19.0 Å². The molecule has 0 saturated heterocycles. The van der Waals surface area contributed by atoms with Crippen molar-refractivity contribution in [1.29, 1.82) is 0 Å². The molecular weight excluding hydrogens is 285 g/mol. The number of likely N-dealkylation sites (N-methyl/N-ethyl adjacent to an activating group) is 1. The molecule has 1 amide bonds. The molecule has 22 heavy (non-hydrogen) atoms. The Bertz CT molecular complexity index is 630. The zero-order valence-corrected chi connectivity index (χ0v) is 12.5. The van der Waals surface area contributed by atoms with Gasteiger partial charge >= 0.3 is 0 Å². The summed E-state index contributed by atoms with van der Waals surface area (Å²) >= 11 is 0. The van der Waals surface area contributed by atoms with Crippen LogP contribution in [-0.4, -0.2) is 48.0 Å². The average Bonchev–Trinajstić information content (AvgIpc) is 2.47. The summed E-state index contributed by atoms with van der Waals surface area (Å²) < 4.78 is 13.1. The molecule has 2 aromatic rings. The number of nitrogens with one attached hydrogen (secondary N) is 2. The SMILES string of the molecule is CN(C)CCNc1cnc(C(=O)Nc2cccc(F)c2)cn1. The summed E-state index contributed by atoms with van der Waals surface area (Å²) in [6, 6.07) is 5.67. The van der Waals surface area contributed by atoms with E-state index in [-0.39, 0.29) is 5.69 Å². The number of halogens is 1. The molecule has 1 aromatic carbocycles. The Morgan fingerprint density at radius 1 is 1.27 bits per heavy atom. The number of rotatable bonds is 6. The first kappa shape index (κ1) is 15.8. The lowest BCUT2D eigenvalue weighted by Gasteiger charge is -2.10. The monoisotopic (exact) mass is 303 g/mol. The van der Waals surface area contributed by atoms with Crippen LogP contribution in [0.2, 0.25) is 0 Å². The van der Waals surface area contributed by atoms with Gasteiger partial charge in [0.1, 0.15) is 17.3 Å². The molecule has 0 fully saturated rings. The minimum Gasteiger partial charge on any atom is -0.368 e. The minimum absolute atomic E-state index is 0.169. The van der Waals surface area contributed by atoms with E-state index in [9.17, 15) is 9.18 Å². The summed E-state index contributed by atoms with van der Waals surface area (Å²) in [7, 11) is 3.96. The summed E-state index contributed by atoms with van der Waals surface area (Å²) in [6.45, 7) is 1.60. The molecule has 0 saturated carbocycles. The number of hydrogen-bond acceptors (Lipinski definition) is 5. The second-order valence-electron chi connectivity index (χ2n) is 4.98. The topological polar surface area (TPSA) is 70.2 Å². The quantitative estimate of drug-likeness (QED) is 0.852. The highest BCUT2D eigenvalue weighted by molar-refractivity contribution is 6.02. The van der Waals surface area contributed by atoms with Crippen molar-refractivity contribution in [3.8, 4) is 0 Å². The van der Waals surface area contributed by atoms with Crippen molar-refractivity contribution < 1.29 is 9.18 Å². The number of aromatic nitrogens is 2. The second kappa shape index (κ2) is 7.46. The molecule has 1 aromatic heterocycles. The van der Waals surface area contributed by atoms with Gasteiger partial charge in [0, 0.05) is 18.8 Å². The average molecular weight is 303 g/mol. The molecule has 2 rings (SSSR count). The number of carbonyl (C=O) groups is 1. The van der Waals surface area contributed by atoms with Crippen LogP contribution >= 0.6 is 0 Å². The highest BCUT2D eigenvalue weighted by atomic mass is 19.1. The van der Waals surface area contributed by atoms with Gasteiger partial charge in [-0.1, -0.05) is 6.07 Å². The third-order valence-electron chi connectivity index (χ3n) is 2.83. The van der Waals surface area contributed by atoms with E-state index in [2.05, 4.69) is 20.6 Å². The van der Waals surface area contributed by atoms with Gasteiger partial charge in [-0.15, -0.1) is 0 Å². The Labute approximate surface area is 128 Å². The lowest BCUT2D eigenvalue weighted by molar-refractivity contribution is 0.102. The zero-order chi connectivity index (χ0) is 15.9. The molecule has 0 aliphatic rings. The van der Waals surface area contributed by atoms with Crippen molar-refractivity contribution in [2.24, 2.45) is 0 Å². The maximum atomic E-state index is 13.1. The molecule has 0 aliphatic carbocycles. The smallest absolute Gasteiger partial charge is 0.275 e. The Kier molecular flexibility index (Phi) is 5.37. The van der Waals surface area contributed by atoms with Gasteiger partial charge in [0.05, 0.1) is 12.4 Å². The number of benzene rings is 1. The summed E-state index contributed by atoms with van der Waals surface area (Å²) in [5.74, 6) is -0.244. The van der Waals surface area contributed by atoms with Crippen molar-refractivity contribution in [1.82, 2.24) is 14.9 Å². The van der Waals surface area contributed by atoms with E-state index in [1.54, 1.807) is 6.07 Å². The van der Waals surface area contributed by atoms with Crippen LogP contribution in [0, 0.1) is 5.82 Å². The molecule has 0 aliphatic heterocycles. The number of amides is 1. The zero-order valence-electron chi connectivity index (χ0n) is 12.5. The lowest BCUT2D eigenvalue weighted by Crippen LogP contribution is -2.21. The number of nitrogens with zero attached hydrogens (tertiary/aromatic N) is 3. The van der Waals surface area contributed by atoms with Gasteiger partial charge < -0.3 is 15.5 Å². The molecule has 0 bridgehead atoms. The van der Waals surface area contributed by atoms with Crippen LogP contribution < -0.4 is 10.6 Å². The van der Waals surface area contributed by atoms with Gasteiger partial charge in [-0.25, -0.2) is 14.4 Å². The summed E-state index contributed by atoms with van der Waals surface area (Å²) in [6.07, 6.45) is 2.88. The van der Waals surface area contributed by atoms with Gasteiger partial charge in [-0.3, -0.25) is 4.79 Å². The highest BCUT2D eigenvalue weighted by Gasteiger charge is 2.08. The fourth-order valence-electron chi connectivity index (χ4n) is 1.71. The normalized spacial score (nSPS) is 10.5. The van der Waals surface area contributed by atoms with E-state index in [0.717, 1.165) is 13.1 Å². The summed E-state index contributed by atoms with van der Waals surface area (Å²) in [5.41, 5.74) is 0.544. The molecular formula is C15H18FN5O. The standard InChI is InChI=1S/C15H18FN5O/c1-21(2)7-6-17-14-10-18-13(9-19-14)15(22)20-12-5-3-4-11(16)8-12/h3-5,8-10H,6-7H2,1-2H3,(H,17,19)(H,20,22). The minimum atomic E-state index is -0.432. The first-order chi connectivity index (χ1) is 10.5. The van der Waals surface area contributed by atoms with Gasteiger partial charge in [0.15, 0.2) is 0 Å². The summed E-state index contributed by atoms with van der Waals surface area (Å²) in [4.78, 5) is 22.2. The largest absolute Gasteiger partial charge is 0.368 e. The fourth-order valence-corrected chi connectivity index (χ4v) is 1.71. The molecule has 1 heterocycles. The number of anilines is 2. The van der Waals surface area contributed by atoms with Crippen molar-refractivity contribution in [2.75, 3.05) is 37.8 Å². The molecule has 2 N–H and O–H groups in total. The third kappa shape index (κ3) is 4.78. The van der Waals surface area contributed by atoms with Gasteiger partial charge in [0.25, 0.3) is 5.91 Å². The number of carbonyl (C=O) groups excluding carboxylic acids is 1. The van der Waals surface area contributed by atoms with E-state index in [1.165, 1.54) is 30.6 Å². The van der Waals surface area contributed by atoms with Crippen molar-refractivity contribution in [3.05, 3.63) is 48.2 Å². The van der Waals surface area contributed by atoms with Crippen LogP contribution in [0.5, 0.6) is 0 Å². The Hall–Kier alpha value is -2.54. The fraction of sp³-hybridized carbons (Fsp3) is 0.267. The van der Waals surface area contributed by atoms with Crippen LogP contribution in [0.3, 0.4) is 0 Å². The van der Waals surface area contributed by atoms with E-state index in [0.29, 0.717) is 11.5 Å². The van der Waals surface area contributed by atoms with Crippen LogP contribution in [-0.2, 0) is 0 Å². The van der Waals surface area contributed by atoms with Crippen LogP contribution in [0.15, 0.2) is 36.7 Å². The van der Waals surface area contributed by atoms with Crippen LogP contribution in [0.1, 0.15) is 10.5 Å². The van der Waals surface area contributed by atoms with E-state index >= 15 is 0 Å². The van der Waals surface area contributed by atoms with Gasteiger partial charge in [-0.2, -0.15) is 0 Å². The molecule has 0 atom stereocenters. The van der Waals surface area contributed by atoms with E-state index in [4.69, 9.17) is 0 Å². The maximum Gasteiger partial charge on any atom is 0.275 e. The van der Waals surface area contributed by atoms with Crippen LogP contribution in [0.4, 0.5) is 15.9 Å². The Morgan fingerprint density at radius 3 is 2.73 bits per heavy atom. The molecule has 116 valence electrons. The third-order valence-corrected chi connectivity index (χ3v) is 2.83. The lowest BCUT2D eigenvalue weighted by atomic mass is 10.3. The predicted molar refractivity (Wildman–Crippen MR) is 83.4 cm³/mol. The summed E-state index contributed by atoms with van der Waals surface area (Å²) in [5, 5.41) is 5.67. The van der Waals surface area contributed by atoms with Gasteiger partial charge in [-0.05, 0) is 32.3 Å². The maximum absolute atomic E-state index is 13.1. The predicted octanol–water partition coefficient (Wildman–Crippen LogP) is 1.84. The molecule has 6 nitrogen and oxygen atoms in total. The first-order valence-electron chi connectivity index (χ1n) is 6.82. The first-order valence-corrected chi connectivity index (χ1v) is 6.82. The highest BCUT2D eigenvalue weighted by Crippen LogP contribution is 2.10. The molecule has 0 spiro atoms.